The molecule has 0 bridgehead atoms. The lowest BCUT2D eigenvalue weighted by Crippen LogP contribution is -1.96. The van der Waals surface area contributed by atoms with Crippen molar-refractivity contribution in [2.24, 2.45) is 18.4 Å². The summed E-state index contributed by atoms with van der Waals surface area (Å²) in [6.45, 7) is 4.68. The van der Waals surface area contributed by atoms with Gasteiger partial charge in [0.2, 0.25) is 0 Å². The average molecular weight is 180 g/mol. The molecule has 1 heterocycles. The largest absolute Gasteiger partial charge is 0.396 e. The molecule has 1 aliphatic rings. The van der Waals surface area contributed by atoms with Gasteiger partial charge in [-0.2, -0.15) is 0 Å². The molecule has 2 unspecified atom stereocenters. The number of nitrogens with zero attached hydrogens (tertiary/aromatic N) is 2. The van der Waals surface area contributed by atoms with Crippen LogP contribution in [0.5, 0.6) is 0 Å². The number of aliphatic hydroxyl groups excluding tert-OH is 1. The molecule has 1 saturated carbocycles. The molecule has 72 valence electrons. The van der Waals surface area contributed by atoms with Crippen molar-refractivity contribution in [2.75, 3.05) is 6.61 Å². The van der Waals surface area contributed by atoms with Gasteiger partial charge in [0.1, 0.15) is 0 Å². The number of aliphatic hydroxyl groups is 1. The minimum atomic E-state index is 0.239. The Morgan fingerprint density at radius 3 is 2.69 bits per heavy atom. The van der Waals surface area contributed by atoms with Crippen LogP contribution in [0.3, 0.4) is 0 Å². The SMILES string of the molecule is Cn1cncc1C1C(CO)C1(C)C. The first-order valence-electron chi connectivity index (χ1n) is 4.66. The van der Waals surface area contributed by atoms with Gasteiger partial charge in [0, 0.05) is 31.5 Å². The Labute approximate surface area is 78.4 Å². The van der Waals surface area contributed by atoms with Crippen molar-refractivity contribution >= 4 is 0 Å². The van der Waals surface area contributed by atoms with Crippen LogP contribution >= 0.6 is 0 Å². The molecule has 0 amide bonds. The molecule has 1 N–H and O–H groups in total. The second kappa shape index (κ2) is 2.58. The standard InChI is InChI=1S/C10H16N2O/c1-10(2)7(5-13)9(10)8-4-11-6-12(8)3/h4,6-7,9,13H,5H2,1-3H3. The molecular formula is C10H16N2O. The number of imidazole rings is 1. The molecule has 0 aromatic carbocycles. The smallest absolute Gasteiger partial charge is 0.0945 e. The summed E-state index contributed by atoms with van der Waals surface area (Å²) in [5.41, 5.74) is 1.48. The van der Waals surface area contributed by atoms with Gasteiger partial charge in [-0.25, -0.2) is 4.98 Å². The van der Waals surface area contributed by atoms with E-state index in [-0.39, 0.29) is 12.0 Å². The van der Waals surface area contributed by atoms with Crippen molar-refractivity contribution in [3.05, 3.63) is 18.2 Å². The van der Waals surface area contributed by atoms with Gasteiger partial charge in [0.05, 0.1) is 6.33 Å². The van der Waals surface area contributed by atoms with Crippen molar-refractivity contribution in [2.45, 2.75) is 19.8 Å². The molecule has 1 aromatic heterocycles. The highest BCUT2D eigenvalue weighted by atomic mass is 16.3. The van der Waals surface area contributed by atoms with E-state index in [1.54, 1.807) is 0 Å². The molecular weight excluding hydrogens is 164 g/mol. The van der Waals surface area contributed by atoms with Crippen LogP contribution in [-0.4, -0.2) is 21.3 Å². The summed E-state index contributed by atoms with van der Waals surface area (Å²) in [4.78, 5) is 4.10. The number of hydrogen-bond donors (Lipinski definition) is 1. The summed E-state index contributed by atoms with van der Waals surface area (Å²) in [5.74, 6) is 0.882. The van der Waals surface area contributed by atoms with Crippen LogP contribution in [0.15, 0.2) is 12.5 Å². The van der Waals surface area contributed by atoms with Gasteiger partial charge in [0.15, 0.2) is 0 Å². The van der Waals surface area contributed by atoms with E-state index < -0.39 is 0 Å². The van der Waals surface area contributed by atoms with Crippen LogP contribution < -0.4 is 0 Å². The van der Waals surface area contributed by atoms with Crippen LogP contribution in [0.4, 0.5) is 0 Å². The van der Waals surface area contributed by atoms with E-state index in [4.69, 9.17) is 0 Å². The van der Waals surface area contributed by atoms with Gasteiger partial charge >= 0.3 is 0 Å². The minimum absolute atomic E-state index is 0.239. The Kier molecular flexibility index (Phi) is 1.74. The van der Waals surface area contributed by atoms with Gasteiger partial charge in [-0.15, -0.1) is 0 Å². The highest BCUT2D eigenvalue weighted by molar-refractivity contribution is 5.24. The van der Waals surface area contributed by atoms with Gasteiger partial charge in [-0.05, 0) is 11.3 Å². The fourth-order valence-corrected chi connectivity index (χ4v) is 2.34. The molecule has 2 rings (SSSR count). The third kappa shape index (κ3) is 1.10. The quantitative estimate of drug-likeness (QED) is 0.741. The molecule has 0 radical (unpaired) electrons. The zero-order valence-electron chi connectivity index (χ0n) is 8.36. The molecule has 1 aromatic rings. The Morgan fingerprint density at radius 1 is 1.62 bits per heavy atom. The molecule has 3 nitrogen and oxygen atoms in total. The monoisotopic (exact) mass is 180 g/mol. The van der Waals surface area contributed by atoms with Crippen molar-refractivity contribution in [1.82, 2.24) is 9.55 Å². The topological polar surface area (TPSA) is 38.0 Å². The summed E-state index contributed by atoms with van der Waals surface area (Å²) in [5, 5.41) is 9.17. The highest BCUT2D eigenvalue weighted by Crippen LogP contribution is 2.63. The normalized spacial score (nSPS) is 30.5. The van der Waals surface area contributed by atoms with E-state index in [2.05, 4.69) is 18.8 Å². The van der Waals surface area contributed by atoms with Crippen molar-refractivity contribution in [1.29, 1.82) is 0 Å². The van der Waals surface area contributed by atoms with Crippen molar-refractivity contribution in [3.63, 3.8) is 0 Å². The Bertz CT molecular complexity index is 316. The lowest BCUT2D eigenvalue weighted by molar-refractivity contribution is 0.256. The van der Waals surface area contributed by atoms with Crippen LogP contribution in [0.1, 0.15) is 25.5 Å². The fourth-order valence-electron chi connectivity index (χ4n) is 2.34. The number of aromatic nitrogens is 2. The predicted molar refractivity (Wildman–Crippen MR) is 50.3 cm³/mol. The third-order valence-electron chi connectivity index (χ3n) is 3.42. The van der Waals surface area contributed by atoms with Gasteiger partial charge in [-0.3, -0.25) is 0 Å². The molecule has 0 saturated heterocycles. The maximum Gasteiger partial charge on any atom is 0.0945 e. The molecule has 13 heavy (non-hydrogen) atoms. The van der Waals surface area contributed by atoms with E-state index in [0.29, 0.717) is 11.8 Å². The molecule has 1 fully saturated rings. The predicted octanol–water partition coefficient (Wildman–Crippen LogP) is 1.15. The van der Waals surface area contributed by atoms with E-state index >= 15 is 0 Å². The van der Waals surface area contributed by atoms with Crippen molar-refractivity contribution in [3.8, 4) is 0 Å². The Balaban J connectivity index is 2.26. The summed E-state index contributed by atoms with van der Waals surface area (Å²) >= 11 is 0. The van der Waals surface area contributed by atoms with Gasteiger partial charge in [0.25, 0.3) is 0 Å². The minimum Gasteiger partial charge on any atom is -0.396 e. The van der Waals surface area contributed by atoms with Crippen LogP contribution in [0, 0.1) is 11.3 Å². The highest BCUT2D eigenvalue weighted by Gasteiger charge is 2.58. The van der Waals surface area contributed by atoms with Gasteiger partial charge in [-0.1, -0.05) is 13.8 Å². The second-order valence-corrected chi connectivity index (χ2v) is 4.52. The summed E-state index contributed by atoms with van der Waals surface area (Å²) in [7, 11) is 2.01. The summed E-state index contributed by atoms with van der Waals surface area (Å²) < 4.78 is 2.04. The molecule has 0 aliphatic heterocycles. The number of aryl methyl sites for hydroxylation is 1. The fraction of sp³-hybridized carbons (Fsp3) is 0.700. The number of rotatable bonds is 2. The molecule has 3 heteroatoms. The van der Waals surface area contributed by atoms with E-state index in [1.807, 2.05) is 24.1 Å². The average Bonchev–Trinajstić information content (AvgIpc) is 2.41. The third-order valence-corrected chi connectivity index (χ3v) is 3.42. The van der Waals surface area contributed by atoms with E-state index in [0.717, 1.165) is 0 Å². The van der Waals surface area contributed by atoms with Gasteiger partial charge < -0.3 is 9.67 Å². The molecule has 0 spiro atoms. The lowest BCUT2D eigenvalue weighted by Gasteiger charge is -2.02. The first-order chi connectivity index (χ1) is 6.09. The lowest BCUT2D eigenvalue weighted by atomic mass is 10.1. The summed E-state index contributed by atoms with van der Waals surface area (Å²) in [6.07, 6.45) is 3.72. The Morgan fingerprint density at radius 2 is 2.31 bits per heavy atom. The second-order valence-electron chi connectivity index (χ2n) is 4.52. The maximum atomic E-state index is 9.17. The van der Waals surface area contributed by atoms with Crippen LogP contribution in [0.2, 0.25) is 0 Å². The van der Waals surface area contributed by atoms with Crippen LogP contribution in [-0.2, 0) is 7.05 Å². The van der Waals surface area contributed by atoms with E-state index in [1.165, 1.54) is 5.69 Å². The number of hydrogen-bond acceptors (Lipinski definition) is 2. The zero-order valence-corrected chi connectivity index (χ0v) is 8.36. The maximum absolute atomic E-state index is 9.17. The van der Waals surface area contributed by atoms with Crippen LogP contribution in [0.25, 0.3) is 0 Å². The first-order valence-corrected chi connectivity index (χ1v) is 4.66. The molecule has 2 atom stereocenters. The zero-order chi connectivity index (χ0) is 9.64. The van der Waals surface area contributed by atoms with Crippen molar-refractivity contribution < 1.29 is 5.11 Å². The summed E-state index contributed by atoms with van der Waals surface area (Å²) in [6, 6.07) is 0. The first kappa shape index (κ1) is 8.75. The van der Waals surface area contributed by atoms with E-state index in [9.17, 15) is 5.11 Å². The molecule has 1 aliphatic carbocycles. The Hall–Kier alpha value is -0.830.